The Morgan fingerprint density at radius 2 is 1.33 bits per heavy atom. The molecule has 4 amide bonds. The number of nitrogens with zero attached hydrogens (tertiary/aromatic N) is 3. The molecule has 4 atom stereocenters. The molecule has 2 heterocycles. The minimum absolute atomic E-state index is 0.0227. The molecule has 0 aromatic rings. The highest BCUT2D eigenvalue weighted by Gasteiger charge is 2.51. The molecule has 33 heavy (non-hydrogen) atoms. The molecule has 0 aromatic heterocycles. The van der Waals surface area contributed by atoms with Gasteiger partial charge < -0.3 is 4.74 Å². The molecule has 0 aromatic carbocycles. The maximum Gasteiger partial charge on any atom is 0.234 e. The van der Waals surface area contributed by atoms with E-state index in [1.54, 1.807) is 23.1 Å². The number of fused-ring (bicyclic) bond motifs is 2. The molecule has 0 saturated carbocycles. The van der Waals surface area contributed by atoms with Crippen molar-refractivity contribution in [3.63, 3.8) is 0 Å². The van der Waals surface area contributed by atoms with Crippen molar-refractivity contribution in [3.8, 4) is 0 Å². The maximum absolute atomic E-state index is 13.0. The Kier molecular flexibility index (Phi) is 7.38. The molecule has 2 aliphatic carbocycles. The molecule has 8 nitrogen and oxygen atoms in total. The van der Waals surface area contributed by atoms with Gasteiger partial charge in [0.15, 0.2) is 0 Å². The molecule has 4 rings (SSSR count). The highest BCUT2D eigenvalue weighted by Crippen LogP contribution is 2.40. The van der Waals surface area contributed by atoms with Crippen LogP contribution in [-0.2, 0) is 23.9 Å². The van der Waals surface area contributed by atoms with Gasteiger partial charge in [-0.2, -0.15) is 0 Å². The van der Waals surface area contributed by atoms with E-state index >= 15 is 0 Å². The van der Waals surface area contributed by atoms with E-state index in [9.17, 15) is 19.2 Å². The summed E-state index contributed by atoms with van der Waals surface area (Å²) >= 11 is 12.2. The van der Waals surface area contributed by atoms with Crippen LogP contribution in [0.4, 0.5) is 0 Å². The van der Waals surface area contributed by atoms with Gasteiger partial charge in [0.25, 0.3) is 0 Å². The third kappa shape index (κ3) is 4.80. The van der Waals surface area contributed by atoms with Gasteiger partial charge in [-0.15, -0.1) is 6.58 Å². The van der Waals surface area contributed by atoms with Crippen LogP contribution in [0.25, 0.3) is 0 Å². The van der Waals surface area contributed by atoms with Gasteiger partial charge in [-0.05, 0) is 25.7 Å². The van der Waals surface area contributed by atoms with Gasteiger partial charge in [-0.25, -0.2) is 0 Å². The van der Waals surface area contributed by atoms with Crippen molar-refractivity contribution >= 4 is 46.8 Å². The van der Waals surface area contributed by atoms with E-state index < -0.39 is 23.7 Å². The van der Waals surface area contributed by atoms with Crippen molar-refractivity contribution in [1.29, 1.82) is 0 Å². The van der Waals surface area contributed by atoms with Gasteiger partial charge >= 0.3 is 0 Å². The number of hydrogen-bond donors (Lipinski definition) is 0. The van der Waals surface area contributed by atoms with E-state index in [2.05, 4.69) is 6.58 Å². The number of allylic oxidation sites excluding steroid dienone is 4. The third-order valence-electron chi connectivity index (χ3n) is 6.79. The molecular weight excluding hydrogens is 469 g/mol. The lowest BCUT2D eigenvalue weighted by Gasteiger charge is -2.30. The molecular formula is C23H27Cl2N3O5. The smallest absolute Gasteiger partial charge is 0.234 e. The van der Waals surface area contributed by atoms with Crippen LogP contribution in [0.5, 0.6) is 0 Å². The van der Waals surface area contributed by atoms with Crippen molar-refractivity contribution in [2.75, 3.05) is 33.1 Å². The Bertz CT molecular complexity index is 867. The molecule has 0 N–H and O–H groups in total. The van der Waals surface area contributed by atoms with Crippen LogP contribution in [0.3, 0.4) is 0 Å². The van der Waals surface area contributed by atoms with E-state index in [0.29, 0.717) is 55.5 Å². The second-order valence-corrected chi connectivity index (χ2v) is 9.83. The molecule has 178 valence electrons. The molecule has 0 radical (unpaired) electrons. The number of carbonyl (C=O) groups is 4. The predicted octanol–water partition coefficient (Wildman–Crippen LogP) is 2.44. The number of ether oxygens (including phenoxy) is 1. The second kappa shape index (κ2) is 10.1. The molecule has 0 bridgehead atoms. The van der Waals surface area contributed by atoms with Crippen LogP contribution in [0.15, 0.2) is 34.9 Å². The Labute approximate surface area is 202 Å². The van der Waals surface area contributed by atoms with E-state index in [1.165, 1.54) is 9.80 Å². The summed E-state index contributed by atoms with van der Waals surface area (Å²) in [5, 5.41) is 1.19. The van der Waals surface area contributed by atoms with Crippen LogP contribution in [0.1, 0.15) is 25.7 Å². The largest absolute Gasteiger partial charge is 0.376 e. The molecule has 2 aliphatic heterocycles. The number of amides is 4. The number of carbonyl (C=O) groups excluding carboxylic acids is 4. The second-order valence-electron chi connectivity index (χ2n) is 8.86. The zero-order chi connectivity index (χ0) is 23.7. The van der Waals surface area contributed by atoms with Gasteiger partial charge in [0.05, 0.1) is 50.2 Å². The number of likely N-dealkylation sites (tertiary alicyclic amines) is 2. The normalized spacial score (nSPS) is 29.4. The minimum atomic E-state index is -0.458. The average Bonchev–Trinajstić information content (AvgIpc) is 3.16. The predicted molar refractivity (Wildman–Crippen MR) is 121 cm³/mol. The monoisotopic (exact) mass is 495 g/mol. The maximum atomic E-state index is 13.0. The van der Waals surface area contributed by atoms with Crippen LogP contribution in [-0.4, -0.2) is 71.4 Å². The summed E-state index contributed by atoms with van der Waals surface area (Å²) in [6.07, 6.45) is 6.79. The lowest BCUT2D eigenvalue weighted by atomic mass is 9.85. The van der Waals surface area contributed by atoms with Crippen LogP contribution < -0.4 is 0 Å². The fourth-order valence-electron chi connectivity index (χ4n) is 5.02. The Morgan fingerprint density at radius 1 is 0.879 bits per heavy atom. The number of imide groups is 2. The van der Waals surface area contributed by atoms with Gasteiger partial charge in [-0.3, -0.25) is 33.9 Å². The quantitative estimate of drug-likeness (QED) is 0.277. The van der Waals surface area contributed by atoms with E-state index in [4.69, 9.17) is 27.9 Å². The van der Waals surface area contributed by atoms with E-state index in [0.717, 1.165) is 0 Å². The summed E-state index contributed by atoms with van der Waals surface area (Å²) in [4.78, 5) is 56.1. The van der Waals surface area contributed by atoms with Crippen molar-refractivity contribution < 1.29 is 23.9 Å². The minimum Gasteiger partial charge on any atom is -0.376 e. The van der Waals surface area contributed by atoms with E-state index in [1.807, 2.05) is 0 Å². The Morgan fingerprint density at radius 3 is 1.79 bits per heavy atom. The van der Waals surface area contributed by atoms with Crippen molar-refractivity contribution in [2.45, 2.75) is 25.7 Å². The van der Waals surface area contributed by atoms with Gasteiger partial charge in [0.2, 0.25) is 23.6 Å². The number of rotatable bonds is 9. The van der Waals surface area contributed by atoms with Crippen molar-refractivity contribution in [1.82, 2.24) is 14.7 Å². The summed E-state index contributed by atoms with van der Waals surface area (Å²) in [6, 6.07) is 0. The average molecular weight is 496 g/mol. The summed E-state index contributed by atoms with van der Waals surface area (Å²) < 4.78 is 5.48. The summed E-state index contributed by atoms with van der Waals surface area (Å²) in [5.74, 6) is -2.76. The highest BCUT2D eigenvalue weighted by molar-refractivity contribution is 6.30. The lowest BCUT2D eigenvalue weighted by Crippen LogP contribution is -2.49. The first kappa shape index (κ1) is 24.1. The van der Waals surface area contributed by atoms with Gasteiger partial charge in [-0.1, -0.05) is 41.4 Å². The summed E-state index contributed by atoms with van der Waals surface area (Å²) in [5.41, 5.74) is 0. The first-order valence-corrected chi connectivity index (χ1v) is 11.9. The highest BCUT2D eigenvalue weighted by atomic mass is 35.5. The topological polar surface area (TPSA) is 87.2 Å². The molecule has 0 unspecified atom stereocenters. The van der Waals surface area contributed by atoms with Crippen molar-refractivity contribution in [3.05, 3.63) is 34.9 Å². The van der Waals surface area contributed by atoms with Crippen LogP contribution >= 0.6 is 23.2 Å². The summed E-state index contributed by atoms with van der Waals surface area (Å²) in [7, 11) is 0. The fraction of sp³-hybridized carbons (Fsp3) is 0.565. The first-order valence-electron chi connectivity index (χ1n) is 11.1. The van der Waals surface area contributed by atoms with Gasteiger partial charge in [0, 0.05) is 16.6 Å². The Balaban J connectivity index is 1.47. The van der Waals surface area contributed by atoms with Crippen LogP contribution in [0.2, 0.25) is 0 Å². The zero-order valence-corrected chi connectivity index (χ0v) is 19.8. The molecule has 2 fully saturated rings. The number of halogens is 2. The third-order valence-corrected chi connectivity index (χ3v) is 7.41. The number of hydrogen-bond acceptors (Lipinski definition) is 6. The fourth-order valence-corrected chi connectivity index (χ4v) is 5.53. The first-order chi connectivity index (χ1) is 15.8. The Hall–Kier alpha value is -2.00. The molecule has 0 spiro atoms. The summed E-state index contributed by atoms with van der Waals surface area (Å²) in [6.45, 7) is 4.53. The molecule has 4 aliphatic rings. The standard InChI is InChI=1S/C23H27Cl2N3O5/c1-2-8-33-9-7-26(12-27-20(29)16-5-3-14(24)10-18(16)22(27)31)13-28-21(30)17-6-4-15(25)11-19(17)23(28)32/h2-4,16-19H,1,5-13H2/t16-,17+,18+,19-. The van der Waals surface area contributed by atoms with Gasteiger partial charge in [0.1, 0.15) is 0 Å². The molecule has 10 heteroatoms. The SMILES string of the molecule is C=CCOCCN(CN1C(=O)[C@H]2CC(Cl)=CC[C@H]2C1=O)CN1C(=O)[C@H]2CC=C(Cl)C[C@H]2C1=O. The molecule has 2 saturated heterocycles. The lowest BCUT2D eigenvalue weighted by molar-refractivity contribution is -0.145. The zero-order valence-electron chi connectivity index (χ0n) is 18.3. The van der Waals surface area contributed by atoms with Crippen molar-refractivity contribution in [2.24, 2.45) is 23.7 Å². The van der Waals surface area contributed by atoms with Crippen LogP contribution in [0, 0.1) is 23.7 Å². The van der Waals surface area contributed by atoms with E-state index in [-0.39, 0.29) is 37.0 Å².